The molecule has 0 saturated heterocycles. The molecule has 0 amide bonds. The molecule has 21 heavy (non-hydrogen) atoms. The van der Waals surface area contributed by atoms with E-state index in [0.717, 1.165) is 11.5 Å². The maximum absolute atomic E-state index is 13.5. The molecule has 1 fully saturated rings. The molecule has 0 aromatic heterocycles. The Morgan fingerprint density at radius 3 is 2.33 bits per heavy atom. The lowest BCUT2D eigenvalue weighted by Crippen LogP contribution is -2.32. The summed E-state index contributed by atoms with van der Waals surface area (Å²) >= 11 is 6.28. The molecule has 3 heteroatoms. The van der Waals surface area contributed by atoms with E-state index >= 15 is 0 Å². The highest BCUT2D eigenvalue weighted by molar-refractivity contribution is 6.31. The first kappa shape index (κ1) is 16.8. The fourth-order valence-corrected chi connectivity index (χ4v) is 3.95. The third-order valence-corrected chi connectivity index (χ3v) is 5.42. The first-order valence-corrected chi connectivity index (χ1v) is 8.33. The molecule has 118 valence electrons. The van der Waals surface area contributed by atoms with Crippen molar-refractivity contribution in [1.29, 1.82) is 0 Å². The number of halogens is 2. The van der Waals surface area contributed by atoms with Crippen LogP contribution in [0.4, 0.5) is 4.39 Å². The maximum Gasteiger partial charge on any atom is 0.123 e. The molecule has 0 bridgehead atoms. The van der Waals surface area contributed by atoms with Gasteiger partial charge < -0.3 is 5.32 Å². The van der Waals surface area contributed by atoms with Gasteiger partial charge in [-0.05, 0) is 73.7 Å². The van der Waals surface area contributed by atoms with Crippen LogP contribution in [0.1, 0.15) is 58.1 Å². The number of hydrogen-bond donors (Lipinski definition) is 1. The van der Waals surface area contributed by atoms with Gasteiger partial charge in [-0.2, -0.15) is 0 Å². The molecule has 0 aliphatic heterocycles. The Labute approximate surface area is 133 Å². The molecule has 0 spiro atoms. The minimum atomic E-state index is -0.210. The van der Waals surface area contributed by atoms with Crippen LogP contribution in [0.2, 0.25) is 5.02 Å². The van der Waals surface area contributed by atoms with Gasteiger partial charge in [-0.25, -0.2) is 4.39 Å². The molecule has 2 rings (SSSR count). The molecular weight excluding hydrogens is 285 g/mol. The Morgan fingerprint density at radius 2 is 1.81 bits per heavy atom. The van der Waals surface area contributed by atoms with Crippen molar-refractivity contribution in [2.45, 2.75) is 52.5 Å². The summed E-state index contributed by atoms with van der Waals surface area (Å²) in [6.07, 6.45) is 4.86. The van der Waals surface area contributed by atoms with Gasteiger partial charge in [0.15, 0.2) is 0 Å². The minimum absolute atomic E-state index is 0.147. The Balaban J connectivity index is 2.11. The van der Waals surface area contributed by atoms with Gasteiger partial charge in [-0.15, -0.1) is 0 Å². The Kier molecular flexibility index (Phi) is 5.32. The lowest BCUT2D eigenvalue weighted by Gasteiger charge is -2.39. The van der Waals surface area contributed by atoms with Gasteiger partial charge in [0.2, 0.25) is 0 Å². The van der Waals surface area contributed by atoms with E-state index in [9.17, 15) is 4.39 Å². The highest BCUT2D eigenvalue weighted by atomic mass is 35.5. The summed E-state index contributed by atoms with van der Waals surface area (Å²) in [5.74, 6) is 1.11. The van der Waals surface area contributed by atoms with E-state index in [1.165, 1.54) is 31.7 Å². The van der Waals surface area contributed by atoms with Gasteiger partial charge in [-0.3, -0.25) is 0 Å². The van der Waals surface area contributed by atoms with Gasteiger partial charge in [0.1, 0.15) is 5.82 Å². The van der Waals surface area contributed by atoms with Gasteiger partial charge >= 0.3 is 0 Å². The average molecular weight is 312 g/mol. The number of hydrogen-bond acceptors (Lipinski definition) is 1. The summed E-state index contributed by atoms with van der Waals surface area (Å²) < 4.78 is 13.5. The lowest BCUT2D eigenvalue weighted by molar-refractivity contribution is 0.134. The van der Waals surface area contributed by atoms with Crippen molar-refractivity contribution in [3.8, 4) is 0 Å². The van der Waals surface area contributed by atoms with Gasteiger partial charge in [0.05, 0.1) is 0 Å². The van der Waals surface area contributed by atoms with E-state index < -0.39 is 0 Å². The van der Waals surface area contributed by atoms with E-state index in [4.69, 9.17) is 11.6 Å². The minimum Gasteiger partial charge on any atom is -0.313 e. The molecule has 1 unspecified atom stereocenters. The van der Waals surface area contributed by atoms with E-state index in [0.29, 0.717) is 16.4 Å². The van der Waals surface area contributed by atoms with Crippen molar-refractivity contribution in [3.63, 3.8) is 0 Å². The van der Waals surface area contributed by atoms with Gasteiger partial charge in [0.25, 0.3) is 0 Å². The van der Waals surface area contributed by atoms with Crippen LogP contribution in [0.15, 0.2) is 18.2 Å². The van der Waals surface area contributed by atoms with Gasteiger partial charge in [-0.1, -0.05) is 32.4 Å². The van der Waals surface area contributed by atoms with Crippen molar-refractivity contribution in [2.24, 2.45) is 17.3 Å². The monoisotopic (exact) mass is 311 g/mol. The maximum atomic E-state index is 13.5. The Bertz CT molecular complexity index is 473. The van der Waals surface area contributed by atoms with Crippen LogP contribution in [0, 0.1) is 23.1 Å². The zero-order chi connectivity index (χ0) is 15.6. The summed E-state index contributed by atoms with van der Waals surface area (Å²) in [7, 11) is 1.95. The molecule has 1 aliphatic rings. The molecule has 1 aromatic carbocycles. The molecule has 0 heterocycles. The quantitative estimate of drug-likeness (QED) is 0.767. The summed E-state index contributed by atoms with van der Waals surface area (Å²) in [6.45, 7) is 6.99. The van der Waals surface area contributed by atoms with Crippen LogP contribution in [0.3, 0.4) is 0 Å². The van der Waals surface area contributed by atoms with Gasteiger partial charge in [0, 0.05) is 11.1 Å². The van der Waals surface area contributed by atoms with Crippen molar-refractivity contribution < 1.29 is 4.39 Å². The van der Waals surface area contributed by atoms with Crippen molar-refractivity contribution in [2.75, 3.05) is 7.05 Å². The second-order valence-corrected chi connectivity index (χ2v) is 7.82. The smallest absolute Gasteiger partial charge is 0.123 e. The van der Waals surface area contributed by atoms with Crippen molar-refractivity contribution in [3.05, 3.63) is 34.6 Å². The first-order chi connectivity index (χ1) is 9.82. The Morgan fingerprint density at radius 1 is 1.19 bits per heavy atom. The molecule has 1 nitrogen and oxygen atoms in total. The number of rotatable bonds is 3. The largest absolute Gasteiger partial charge is 0.313 e. The van der Waals surface area contributed by atoms with Crippen LogP contribution >= 0.6 is 11.6 Å². The summed E-state index contributed by atoms with van der Waals surface area (Å²) in [4.78, 5) is 0. The predicted molar refractivity (Wildman–Crippen MR) is 88.1 cm³/mol. The molecule has 0 radical (unpaired) electrons. The summed E-state index contributed by atoms with van der Waals surface area (Å²) in [5.41, 5.74) is 1.29. The average Bonchev–Trinajstić information content (AvgIpc) is 2.43. The highest BCUT2D eigenvalue weighted by Crippen LogP contribution is 2.44. The van der Waals surface area contributed by atoms with E-state index in [2.05, 4.69) is 26.1 Å². The third kappa shape index (κ3) is 3.98. The number of benzene rings is 1. The first-order valence-electron chi connectivity index (χ1n) is 7.95. The number of nitrogens with one attached hydrogen (secondary N) is 1. The zero-order valence-electron chi connectivity index (χ0n) is 13.5. The van der Waals surface area contributed by atoms with E-state index in [1.54, 1.807) is 12.1 Å². The third-order valence-electron chi connectivity index (χ3n) is 5.07. The normalized spacial score (nSPS) is 24.9. The second kappa shape index (κ2) is 6.66. The van der Waals surface area contributed by atoms with Crippen LogP contribution in [0.5, 0.6) is 0 Å². The van der Waals surface area contributed by atoms with E-state index in [1.807, 2.05) is 7.05 Å². The fourth-order valence-electron chi connectivity index (χ4n) is 3.72. The summed E-state index contributed by atoms with van der Waals surface area (Å²) in [6, 6.07) is 4.82. The van der Waals surface area contributed by atoms with Crippen LogP contribution < -0.4 is 5.32 Å². The molecule has 1 saturated carbocycles. The predicted octanol–water partition coefficient (Wildman–Crippen LogP) is 5.59. The molecular formula is C18H27ClFN. The second-order valence-electron chi connectivity index (χ2n) is 7.41. The van der Waals surface area contributed by atoms with E-state index in [-0.39, 0.29) is 11.9 Å². The standard InChI is InChI=1S/C18H27ClFN/c1-18(2,3)13-7-5-12(6-8-13)17(21-4)15-11-14(20)9-10-16(15)19/h9-13,17,21H,5-8H2,1-4H3. The topological polar surface area (TPSA) is 12.0 Å². The molecule has 1 aliphatic carbocycles. The Hall–Kier alpha value is -0.600. The SMILES string of the molecule is CNC(c1cc(F)ccc1Cl)C1CCC(C(C)(C)C)CC1. The summed E-state index contributed by atoms with van der Waals surface area (Å²) in [5, 5.41) is 4.02. The zero-order valence-corrected chi connectivity index (χ0v) is 14.3. The highest BCUT2D eigenvalue weighted by Gasteiger charge is 2.33. The van der Waals surface area contributed by atoms with Crippen molar-refractivity contribution in [1.82, 2.24) is 5.32 Å². The van der Waals surface area contributed by atoms with Crippen molar-refractivity contribution >= 4 is 11.6 Å². The molecule has 1 atom stereocenters. The molecule has 1 aromatic rings. The lowest BCUT2D eigenvalue weighted by atomic mass is 9.68. The van der Waals surface area contributed by atoms with Crippen LogP contribution in [-0.2, 0) is 0 Å². The molecule has 1 N–H and O–H groups in total. The van der Waals surface area contributed by atoms with Crippen LogP contribution in [-0.4, -0.2) is 7.05 Å². The van der Waals surface area contributed by atoms with Crippen LogP contribution in [0.25, 0.3) is 0 Å². The fraction of sp³-hybridized carbons (Fsp3) is 0.667.